The average Bonchev–Trinajstić information content (AvgIpc) is 3.26. The number of phenolic OH excluding ortho intramolecular Hbond substituents is 1. The molecule has 0 fully saturated rings. The van der Waals surface area contributed by atoms with E-state index in [2.05, 4.69) is 20.4 Å². The van der Waals surface area contributed by atoms with E-state index in [0.717, 1.165) is 12.0 Å². The third-order valence-corrected chi connectivity index (χ3v) is 3.76. The number of phenols is 1. The van der Waals surface area contributed by atoms with Crippen LogP contribution < -0.4 is 11.1 Å². The minimum Gasteiger partial charge on any atom is -0.508 e. The van der Waals surface area contributed by atoms with Crippen LogP contribution in [0.25, 0.3) is 17.1 Å². The van der Waals surface area contributed by atoms with E-state index in [1.807, 2.05) is 18.2 Å². The number of nitrogens with two attached hydrogens (primary N) is 1. The third kappa shape index (κ3) is 3.09. The zero-order chi connectivity index (χ0) is 17.2. The topological polar surface area (TPSA) is 114 Å². The van der Waals surface area contributed by atoms with Crippen LogP contribution >= 0.6 is 0 Å². The highest BCUT2D eigenvalue weighted by molar-refractivity contribution is 5.61. The van der Waals surface area contributed by atoms with Crippen LogP contribution in [0.15, 0.2) is 53.1 Å². The van der Waals surface area contributed by atoms with Crippen molar-refractivity contribution in [2.75, 3.05) is 17.6 Å². The van der Waals surface area contributed by atoms with Crippen LogP contribution in [-0.2, 0) is 6.42 Å². The van der Waals surface area contributed by atoms with Crippen molar-refractivity contribution >= 4 is 17.5 Å². The van der Waals surface area contributed by atoms with Gasteiger partial charge in [-0.25, -0.2) is 0 Å². The van der Waals surface area contributed by atoms with Crippen molar-refractivity contribution in [3.8, 4) is 17.2 Å². The minimum atomic E-state index is 0.245. The average molecular weight is 336 g/mol. The molecule has 4 rings (SSSR count). The van der Waals surface area contributed by atoms with Crippen LogP contribution in [0.1, 0.15) is 5.56 Å². The summed E-state index contributed by atoms with van der Waals surface area (Å²) < 4.78 is 6.82. The fraction of sp³-hybridized carbons (Fsp3) is 0.118. The van der Waals surface area contributed by atoms with Gasteiger partial charge in [0.2, 0.25) is 11.9 Å². The molecule has 0 saturated heterocycles. The molecule has 8 heteroatoms. The first-order valence-electron chi connectivity index (χ1n) is 7.78. The summed E-state index contributed by atoms with van der Waals surface area (Å²) in [5.41, 5.74) is 8.31. The number of anilines is 2. The maximum Gasteiger partial charge on any atom is 0.228 e. The first-order valence-corrected chi connectivity index (χ1v) is 7.78. The number of aromatic hydroxyl groups is 1. The summed E-state index contributed by atoms with van der Waals surface area (Å²) in [5.74, 6) is 1.59. The predicted molar refractivity (Wildman–Crippen MR) is 93.2 cm³/mol. The molecule has 3 aromatic heterocycles. The number of furan rings is 1. The molecule has 1 aromatic carbocycles. The molecule has 4 N–H and O–H groups in total. The Morgan fingerprint density at radius 2 is 2.00 bits per heavy atom. The van der Waals surface area contributed by atoms with Gasteiger partial charge in [0.25, 0.3) is 0 Å². The van der Waals surface area contributed by atoms with Crippen LogP contribution in [-0.4, -0.2) is 31.2 Å². The fourth-order valence-corrected chi connectivity index (χ4v) is 2.51. The standard InChI is InChI=1S/C17H16N6O2/c18-16-21-17(19-8-7-11-3-5-12(24)6-4-11)20-15-10-13(22-23(15)16)14-2-1-9-25-14/h1-6,9-10,24H,7-8H2,(H3,18,19,20,21). The molecule has 0 aliphatic rings. The summed E-state index contributed by atoms with van der Waals surface area (Å²) >= 11 is 0. The Kier molecular flexibility index (Phi) is 3.70. The lowest BCUT2D eigenvalue weighted by Gasteiger charge is -2.06. The number of hydrogen-bond donors (Lipinski definition) is 3. The number of hydrogen-bond acceptors (Lipinski definition) is 7. The molecular weight excluding hydrogens is 320 g/mol. The molecule has 126 valence electrons. The number of nitrogens with zero attached hydrogens (tertiary/aromatic N) is 4. The summed E-state index contributed by atoms with van der Waals surface area (Å²) in [4.78, 5) is 8.66. The van der Waals surface area contributed by atoms with E-state index in [4.69, 9.17) is 10.2 Å². The lowest BCUT2D eigenvalue weighted by Crippen LogP contribution is -2.11. The minimum absolute atomic E-state index is 0.245. The van der Waals surface area contributed by atoms with Gasteiger partial charge in [0.1, 0.15) is 11.4 Å². The quantitative estimate of drug-likeness (QED) is 0.512. The van der Waals surface area contributed by atoms with Gasteiger partial charge in [0.15, 0.2) is 11.4 Å². The molecular formula is C17H16N6O2. The Bertz CT molecular complexity index is 992. The molecule has 8 nitrogen and oxygen atoms in total. The highest BCUT2D eigenvalue weighted by atomic mass is 16.3. The van der Waals surface area contributed by atoms with Crippen LogP contribution in [0.5, 0.6) is 5.75 Å². The van der Waals surface area contributed by atoms with Crippen LogP contribution in [0.2, 0.25) is 0 Å². The molecule has 0 saturated carbocycles. The van der Waals surface area contributed by atoms with E-state index >= 15 is 0 Å². The molecule has 0 aliphatic heterocycles. The molecule has 0 atom stereocenters. The second-order valence-corrected chi connectivity index (χ2v) is 5.53. The summed E-state index contributed by atoms with van der Waals surface area (Å²) in [6.07, 6.45) is 2.36. The molecule has 0 spiro atoms. The Morgan fingerprint density at radius 3 is 2.76 bits per heavy atom. The lowest BCUT2D eigenvalue weighted by atomic mass is 10.1. The molecule has 0 aliphatic carbocycles. The van der Waals surface area contributed by atoms with Gasteiger partial charge >= 0.3 is 0 Å². The van der Waals surface area contributed by atoms with E-state index in [0.29, 0.717) is 29.6 Å². The predicted octanol–water partition coefficient (Wildman–Crippen LogP) is 2.33. The normalized spacial score (nSPS) is 11.0. The zero-order valence-electron chi connectivity index (χ0n) is 13.3. The van der Waals surface area contributed by atoms with Crippen LogP contribution in [0, 0.1) is 0 Å². The van der Waals surface area contributed by atoms with Crippen molar-refractivity contribution in [3.05, 3.63) is 54.3 Å². The fourth-order valence-electron chi connectivity index (χ4n) is 2.51. The van der Waals surface area contributed by atoms with E-state index in [9.17, 15) is 5.11 Å². The van der Waals surface area contributed by atoms with E-state index < -0.39 is 0 Å². The number of benzene rings is 1. The highest BCUT2D eigenvalue weighted by Gasteiger charge is 2.11. The van der Waals surface area contributed by atoms with E-state index in [-0.39, 0.29) is 11.7 Å². The first kappa shape index (κ1) is 15.0. The van der Waals surface area contributed by atoms with Gasteiger partial charge in [-0.15, -0.1) is 0 Å². The second kappa shape index (κ2) is 6.16. The second-order valence-electron chi connectivity index (χ2n) is 5.53. The monoisotopic (exact) mass is 336 g/mol. The van der Waals surface area contributed by atoms with Gasteiger partial charge in [-0.3, -0.25) is 0 Å². The van der Waals surface area contributed by atoms with E-state index in [1.165, 1.54) is 4.52 Å². The van der Waals surface area contributed by atoms with Gasteiger partial charge in [0.05, 0.1) is 6.26 Å². The Morgan fingerprint density at radius 1 is 1.16 bits per heavy atom. The molecule has 0 bridgehead atoms. The number of aromatic nitrogens is 4. The maximum atomic E-state index is 9.30. The number of nitrogens with one attached hydrogen (secondary N) is 1. The lowest BCUT2D eigenvalue weighted by molar-refractivity contribution is 0.475. The largest absolute Gasteiger partial charge is 0.508 e. The van der Waals surface area contributed by atoms with Gasteiger partial charge in [0, 0.05) is 12.6 Å². The molecule has 3 heterocycles. The highest BCUT2D eigenvalue weighted by Crippen LogP contribution is 2.21. The number of rotatable bonds is 5. The summed E-state index contributed by atoms with van der Waals surface area (Å²) in [6.45, 7) is 0.638. The Balaban J connectivity index is 1.51. The Labute approximate surface area is 142 Å². The summed E-state index contributed by atoms with van der Waals surface area (Å²) in [5, 5.41) is 16.8. The van der Waals surface area contributed by atoms with Crippen LogP contribution in [0.3, 0.4) is 0 Å². The zero-order valence-corrected chi connectivity index (χ0v) is 13.3. The van der Waals surface area contributed by atoms with Crippen molar-refractivity contribution in [1.82, 2.24) is 19.6 Å². The summed E-state index contributed by atoms with van der Waals surface area (Å²) in [6, 6.07) is 12.5. The number of nitrogen functional groups attached to an aromatic ring is 1. The smallest absolute Gasteiger partial charge is 0.228 e. The van der Waals surface area contributed by atoms with Gasteiger partial charge in [-0.05, 0) is 36.2 Å². The van der Waals surface area contributed by atoms with E-state index in [1.54, 1.807) is 30.5 Å². The van der Waals surface area contributed by atoms with Crippen molar-refractivity contribution in [2.45, 2.75) is 6.42 Å². The molecule has 0 amide bonds. The number of fused-ring (bicyclic) bond motifs is 1. The first-order chi connectivity index (χ1) is 12.2. The van der Waals surface area contributed by atoms with Gasteiger partial charge in [-0.1, -0.05) is 12.1 Å². The van der Waals surface area contributed by atoms with Crippen molar-refractivity contribution in [3.63, 3.8) is 0 Å². The molecule has 4 aromatic rings. The van der Waals surface area contributed by atoms with Crippen molar-refractivity contribution < 1.29 is 9.52 Å². The van der Waals surface area contributed by atoms with Gasteiger partial charge < -0.3 is 20.6 Å². The van der Waals surface area contributed by atoms with Crippen molar-refractivity contribution in [1.29, 1.82) is 0 Å². The van der Waals surface area contributed by atoms with Crippen LogP contribution in [0.4, 0.5) is 11.9 Å². The summed E-state index contributed by atoms with van der Waals surface area (Å²) in [7, 11) is 0. The Hall–Kier alpha value is -3.55. The van der Waals surface area contributed by atoms with Gasteiger partial charge in [-0.2, -0.15) is 19.6 Å². The molecule has 25 heavy (non-hydrogen) atoms. The SMILES string of the molecule is Nc1nc(NCCc2ccc(O)cc2)nc2cc(-c3ccco3)nn12. The third-order valence-electron chi connectivity index (χ3n) is 3.76. The maximum absolute atomic E-state index is 9.30. The molecule has 0 radical (unpaired) electrons. The molecule has 0 unspecified atom stereocenters. The van der Waals surface area contributed by atoms with Crippen molar-refractivity contribution in [2.24, 2.45) is 0 Å².